The third-order valence-corrected chi connectivity index (χ3v) is 5.02. The first kappa shape index (κ1) is 19.6. The average Bonchev–Trinajstić information content (AvgIpc) is 2.78. The molecule has 0 bridgehead atoms. The molecule has 6 heteroatoms. The van der Waals surface area contributed by atoms with E-state index in [9.17, 15) is 14.7 Å². The molecule has 1 N–H and O–H groups in total. The molecule has 0 fully saturated rings. The SMILES string of the molecule is O=C(O)CN(C(=O)c1nc(Cl)c2ccccc2c1-c1ccccc1)c1ccccc1. The summed E-state index contributed by atoms with van der Waals surface area (Å²) >= 11 is 6.42. The Balaban J connectivity index is 1.97. The Morgan fingerprint density at radius 2 is 1.40 bits per heavy atom. The van der Waals surface area contributed by atoms with Crippen molar-refractivity contribution in [2.24, 2.45) is 0 Å². The van der Waals surface area contributed by atoms with Crippen LogP contribution < -0.4 is 4.90 Å². The lowest BCUT2D eigenvalue weighted by molar-refractivity contribution is -0.135. The number of carbonyl (C=O) groups excluding carboxylic acids is 1. The number of carboxylic acid groups (broad SMARTS) is 1. The molecule has 1 aromatic heterocycles. The van der Waals surface area contributed by atoms with Crippen molar-refractivity contribution in [2.75, 3.05) is 11.4 Å². The zero-order valence-corrected chi connectivity index (χ0v) is 16.6. The molecule has 30 heavy (non-hydrogen) atoms. The van der Waals surface area contributed by atoms with Gasteiger partial charge in [-0.05, 0) is 23.1 Å². The second kappa shape index (κ2) is 8.35. The van der Waals surface area contributed by atoms with Crippen molar-refractivity contribution in [3.63, 3.8) is 0 Å². The number of carboxylic acids is 1. The normalized spacial score (nSPS) is 10.7. The van der Waals surface area contributed by atoms with Crippen LogP contribution in [0.4, 0.5) is 5.69 Å². The fraction of sp³-hybridized carbons (Fsp3) is 0.0417. The van der Waals surface area contributed by atoms with Gasteiger partial charge in [-0.25, -0.2) is 4.98 Å². The number of amides is 1. The average molecular weight is 417 g/mol. The number of benzene rings is 3. The third-order valence-electron chi connectivity index (χ3n) is 4.74. The Hall–Kier alpha value is -3.70. The molecule has 0 saturated carbocycles. The van der Waals surface area contributed by atoms with Crippen molar-refractivity contribution in [1.82, 2.24) is 4.98 Å². The van der Waals surface area contributed by atoms with Crippen LogP contribution in [-0.2, 0) is 4.79 Å². The van der Waals surface area contributed by atoms with E-state index in [4.69, 9.17) is 11.6 Å². The number of nitrogens with zero attached hydrogens (tertiary/aromatic N) is 2. The molecule has 0 saturated heterocycles. The molecule has 0 unspecified atom stereocenters. The molecule has 0 radical (unpaired) electrons. The highest BCUT2D eigenvalue weighted by Gasteiger charge is 2.27. The number of aliphatic carboxylic acids is 1. The number of para-hydroxylation sites is 1. The fourth-order valence-corrected chi connectivity index (χ4v) is 3.68. The molecular formula is C24H17ClN2O3. The second-order valence-corrected chi connectivity index (χ2v) is 7.02. The number of hydrogen-bond donors (Lipinski definition) is 1. The minimum absolute atomic E-state index is 0.106. The van der Waals surface area contributed by atoms with Gasteiger partial charge in [0.05, 0.1) is 0 Å². The smallest absolute Gasteiger partial charge is 0.323 e. The highest BCUT2D eigenvalue weighted by atomic mass is 35.5. The summed E-state index contributed by atoms with van der Waals surface area (Å²) in [5.41, 5.74) is 1.99. The number of pyridine rings is 1. The van der Waals surface area contributed by atoms with Gasteiger partial charge in [0.2, 0.25) is 0 Å². The van der Waals surface area contributed by atoms with Gasteiger partial charge in [-0.2, -0.15) is 0 Å². The maximum absolute atomic E-state index is 13.6. The number of anilines is 1. The van der Waals surface area contributed by atoms with Crippen molar-refractivity contribution in [3.8, 4) is 11.1 Å². The summed E-state index contributed by atoms with van der Waals surface area (Å²) in [5.74, 6) is -1.66. The molecule has 4 rings (SSSR count). The predicted molar refractivity (Wildman–Crippen MR) is 118 cm³/mol. The Bertz CT molecular complexity index is 1230. The number of halogens is 1. The fourth-order valence-electron chi connectivity index (χ4n) is 3.43. The summed E-state index contributed by atoms with van der Waals surface area (Å²) in [4.78, 5) is 30.7. The summed E-state index contributed by atoms with van der Waals surface area (Å²) in [6.07, 6.45) is 0. The van der Waals surface area contributed by atoms with E-state index in [2.05, 4.69) is 4.98 Å². The van der Waals surface area contributed by atoms with Gasteiger partial charge < -0.3 is 5.11 Å². The van der Waals surface area contributed by atoms with Crippen LogP contribution in [0.2, 0.25) is 5.15 Å². The van der Waals surface area contributed by atoms with E-state index in [1.54, 1.807) is 30.3 Å². The van der Waals surface area contributed by atoms with Crippen LogP contribution in [-0.4, -0.2) is 28.5 Å². The molecule has 0 spiro atoms. The third kappa shape index (κ3) is 3.75. The first-order valence-electron chi connectivity index (χ1n) is 9.28. The van der Waals surface area contributed by atoms with E-state index >= 15 is 0 Å². The van der Waals surface area contributed by atoms with Gasteiger partial charge in [0.15, 0.2) is 0 Å². The molecular weight excluding hydrogens is 400 g/mol. The monoisotopic (exact) mass is 416 g/mol. The van der Waals surface area contributed by atoms with Crippen LogP contribution >= 0.6 is 11.6 Å². The summed E-state index contributed by atoms with van der Waals surface area (Å²) in [6, 6.07) is 25.5. The molecule has 4 aromatic rings. The van der Waals surface area contributed by atoms with Gasteiger partial charge >= 0.3 is 5.97 Å². The van der Waals surface area contributed by atoms with Crippen LogP contribution in [0.15, 0.2) is 84.9 Å². The molecule has 0 aliphatic carbocycles. The molecule has 3 aromatic carbocycles. The highest BCUT2D eigenvalue weighted by Crippen LogP contribution is 2.35. The van der Waals surface area contributed by atoms with Crippen LogP contribution in [0.5, 0.6) is 0 Å². The summed E-state index contributed by atoms with van der Waals surface area (Å²) in [7, 11) is 0. The summed E-state index contributed by atoms with van der Waals surface area (Å²) in [5, 5.41) is 11.1. The minimum Gasteiger partial charge on any atom is -0.480 e. The van der Waals surface area contributed by atoms with Gasteiger partial charge in [-0.3, -0.25) is 14.5 Å². The van der Waals surface area contributed by atoms with E-state index < -0.39 is 18.4 Å². The van der Waals surface area contributed by atoms with E-state index in [0.29, 0.717) is 11.3 Å². The quantitative estimate of drug-likeness (QED) is 0.449. The van der Waals surface area contributed by atoms with Gasteiger partial charge in [-0.15, -0.1) is 0 Å². The van der Waals surface area contributed by atoms with Crippen molar-refractivity contribution in [1.29, 1.82) is 0 Å². The maximum atomic E-state index is 13.6. The summed E-state index contributed by atoms with van der Waals surface area (Å²) < 4.78 is 0. The standard InChI is InChI=1S/C24H17ClN2O3/c25-23-19-14-8-7-13-18(19)21(16-9-3-1-4-10-16)22(26-23)24(30)27(15-20(28)29)17-11-5-2-6-12-17/h1-14H,15H2,(H,28,29). The van der Waals surface area contributed by atoms with E-state index in [-0.39, 0.29) is 10.8 Å². The highest BCUT2D eigenvalue weighted by molar-refractivity contribution is 6.35. The predicted octanol–water partition coefficient (Wildman–Crippen LogP) is 5.29. The van der Waals surface area contributed by atoms with Crippen molar-refractivity contribution in [2.45, 2.75) is 0 Å². The Kier molecular flexibility index (Phi) is 5.46. The molecule has 148 valence electrons. The lowest BCUT2D eigenvalue weighted by atomic mass is 9.96. The summed E-state index contributed by atoms with van der Waals surface area (Å²) in [6.45, 7) is -0.497. The van der Waals surface area contributed by atoms with Crippen LogP contribution in [0.25, 0.3) is 21.9 Å². The number of fused-ring (bicyclic) bond motifs is 1. The Labute approximate surface area is 178 Å². The van der Waals surface area contributed by atoms with Crippen LogP contribution in [0.1, 0.15) is 10.5 Å². The van der Waals surface area contributed by atoms with Crippen molar-refractivity contribution in [3.05, 3.63) is 95.8 Å². The van der Waals surface area contributed by atoms with E-state index in [1.807, 2.05) is 54.6 Å². The second-order valence-electron chi connectivity index (χ2n) is 6.66. The zero-order chi connectivity index (χ0) is 21.1. The van der Waals surface area contributed by atoms with Crippen LogP contribution in [0.3, 0.4) is 0 Å². The topological polar surface area (TPSA) is 70.5 Å². The number of aromatic nitrogens is 1. The first-order chi connectivity index (χ1) is 14.6. The van der Waals surface area contributed by atoms with Gasteiger partial charge in [-0.1, -0.05) is 84.4 Å². The molecule has 0 aliphatic heterocycles. The molecule has 5 nitrogen and oxygen atoms in total. The number of carbonyl (C=O) groups is 2. The van der Waals surface area contributed by atoms with E-state index in [0.717, 1.165) is 16.3 Å². The van der Waals surface area contributed by atoms with Gasteiger partial charge in [0.1, 0.15) is 17.4 Å². The van der Waals surface area contributed by atoms with Gasteiger partial charge in [0.25, 0.3) is 5.91 Å². The molecule has 0 atom stereocenters. The number of rotatable bonds is 5. The lowest BCUT2D eigenvalue weighted by Crippen LogP contribution is -2.36. The van der Waals surface area contributed by atoms with E-state index in [1.165, 1.54) is 4.90 Å². The maximum Gasteiger partial charge on any atom is 0.323 e. The first-order valence-corrected chi connectivity index (χ1v) is 9.66. The molecule has 1 heterocycles. The Morgan fingerprint density at radius 3 is 2.03 bits per heavy atom. The number of hydrogen-bond acceptors (Lipinski definition) is 3. The molecule has 1 amide bonds. The van der Waals surface area contributed by atoms with Gasteiger partial charge in [0, 0.05) is 16.6 Å². The largest absolute Gasteiger partial charge is 0.480 e. The Morgan fingerprint density at radius 1 is 0.833 bits per heavy atom. The van der Waals surface area contributed by atoms with Crippen molar-refractivity contribution < 1.29 is 14.7 Å². The van der Waals surface area contributed by atoms with Crippen LogP contribution in [0, 0.1) is 0 Å². The zero-order valence-electron chi connectivity index (χ0n) is 15.8. The minimum atomic E-state index is -1.12. The molecule has 0 aliphatic rings. The van der Waals surface area contributed by atoms with Crippen molar-refractivity contribution >= 4 is 39.9 Å². The lowest BCUT2D eigenvalue weighted by Gasteiger charge is -2.22.